The van der Waals surface area contributed by atoms with E-state index >= 15 is 0 Å². The second-order valence-corrected chi connectivity index (χ2v) is 8.36. The Morgan fingerprint density at radius 2 is 2.06 bits per heavy atom. The number of thioether (sulfide) groups is 1. The summed E-state index contributed by atoms with van der Waals surface area (Å²) < 4.78 is 25.0. The van der Waals surface area contributed by atoms with Crippen molar-refractivity contribution >= 4 is 17.7 Å². The fourth-order valence-electron chi connectivity index (χ4n) is 3.69. The van der Waals surface area contributed by atoms with E-state index in [-0.39, 0.29) is 35.1 Å². The van der Waals surface area contributed by atoms with E-state index in [0.29, 0.717) is 22.6 Å². The molecule has 0 bridgehead atoms. The molecule has 2 aromatic rings. The molecule has 2 heterocycles. The average molecular weight is 479 g/mol. The number of nitriles is 2. The fourth-order valence-corrected chi connectivity index (χ4v) is 4.61. The number of halogens is 1. The minimum absolute atomic E-state index is 0.0122. The van der Waals surface area contributed by atoms with Gasteiger partial charge in [-0.15, -0.1) is 0 Å². The van der Waals surface area contributed by atoms with Crippen LogP contribution in [0.4, 0.5) is 4.39 Å². The van der Waals surface area contributed by atoms with Gasteiger partial charge in [-0.05, 0) is 49.6 Å². The van der Waals surface area contributed by atoms with Crippen LogP contribution in [0.3, 0.4) is 0 Å². The van der Waals surface area contributed by atoms with Crippen molar-refractivity contribution in [3.63, 3.8) is 0 Å². The second kappa shape index (κ2) is 10.9. The highest BCUT2D eigenvalue weighted by Gasteiger charge is 2.38. The lowest BCUT2D eigenvalue weighted by atomic mass is 9.83. The smallest absolute Gasteiger partial charge is 0.338 e. The lowest BCUT2D eigenvalue weighted by Crippen LogP contribution is -2.27. The van der Waals surface area contributed by atoms with Crippen molar-refractivity contribution in [2.24, 2.45) is 5.73 Å². The first kappa shape index (κ1) is 24.8. The topological polar surface area (TPSA) is 122 Å². The number of allylic oxidation sites excluding steroid dienone is 1. The van der Waals surface area contributed by atoms with E-state index in [1.54, 1.807) is 19.1 Å². The first-order valence-corrected chi connectivity index (χ1v) is 11.6. The Morgan fingerprint density at radius 3 is 2.68 bits per heavy atom. The number of benzene rings is 1. The molecular weight excluding hydrogens is 455 g/mol. The lowest BCUT2D eigenvalue weighted by molar-refractivity contribution is -0.139. The Hall–Kier alpha value is -3.82. The van der Waals surface area contributed by atoms with Crippen molar-refractivity contribution in [1.82, 2.24) is 4.98 Å². The molecule has 34 heavy (non-hydrogen) atoms. The summed E-state index contributed by atoms with van der Waals surface area (Å²) >= 11 is 1.21. The fraction of sp³-hybridized carbons (Fsp3) is 0.280. The maximum absolute atomic E-state index is 14.0. The molecule has 0 saturated heterocycles. The molecular formula is C25H23FN4O3S. The summed E-state index contributed by atoms with van der Waals surface area (Å²) in [6, 6.07) is 11.5. The molecule has 1 aromatic heterocycles. The summed E-state index contributed by atoms with van der Waals surface area (Å²) in [5.41, 5.74) is 8.64. The average Bonchev–Trinajstić information content (AvgIpc) is 2.82. The molecule has 1 aromatic carbocycles. The van der Waals surface area contributed by atoms with Crippen LogP contribution in [-0.4, -0.2) is 23.3 Å². The summed E-state index contributed by atoms with van der Waals surface area (Å²) in [7, 11) is 0. The van der Waals surface area contributed by atoms with Gasteiger partial charge in [0.2, 0.25) is 5.88 Å². The number of carbonyl (C=O) groups is 1. The predicted molar refractivity (Wildman–Crippen MR) is 125 cm³/mol. The van der Waals surface area contributed by atoms with Gasteiger partial charge >= 0.3 is 5.97 Å². The van der Waals surface area contributed by atoms with Crippen molar-refractivity contribution < 1.29 is 18.7 Å². The van der Waals surface area contributed by atoms with Crippen molar-refractivity contribution in [1.29, 1.82) is 10.5 Å². The Morgan fingerprint density at radius 1 is 1.29 bits per heavy atom. The standard InChI is InChI=1S/C25H23FN4O3S/c1-4-19-14(3)9-16(11-27)24(30-19)34-13-20-22(25(31)32-5-2)21(18(12-28)23(29)33-20)15-7-6-8-17(26)10-15/h6-10,21H,4-5,13,29H2,1-3H3/t21-/m0/s1. The zero-order valence-electron chi connectivity index (χ0n) is 19.0. The molecule has 0 amide bonds. The Balaban J connectivity index is 2.11. The van der Waals surface area contributed by atoms with Gasteiger partial charge < -0.3 is 15.2 Å². The first-order valence-electron chi connectivity index (χ1n) is 10.6. The maximum atomic E-state index is 14.0. The van der Waals surface area contributed by atoms with Crippen LogP contribution >= 0.6 is 11.8 Å². The number of pyridine rings is 1. The molecule has 1 aliphatic heterocycles. The van der Waals surface area contributed by atoms with Crippen LogP contribution in [0.5, 0.6) is 0 Å². The van der Waals surface area contributed by atoms with E-state index in [0.717, 1.165) is 11.3 Å². The quantitative estimate of drug-likeness (QED) is 0.459. The second-order valence-electron chi connectivity index (χ2n) is 7.40. The van der Waals surface area contributed by atoms with Gasteiger partial charge in [-0.2, -0.15) is 10.5 Å². The zero-order chi connectivity index (χ0) is 24.8. The molecule has 1 aliphatic rings. The molecule has 0 unspecified atom stereocenters. The number of hydrogen-bond acceptors (Lipinski definition) is 8. The molecule has 7 nitrogen and oxygen atoms in total. The number of esters is 1. The first-order chi connectivity index (χ1) is 16.3. The van der Waals surface area contributed by atoms with Crippen LogP contribution in [0.15, 0.2) is 58.1 Å². The molecule has 174 valence electrons. The molecule has 0 spiro atoms. The molecule has 2 N–H and O–H groups in total. The monoisotopic (exact) mass is 478 g/mol. The Labute approximate surface area is 201 Å². The summed E-state index contributed by atoms with van der Waals surface area (Å²) in [6.07, 6.45) is 0.696. The molecule has 3 rings (SSSR count). The normalized spacial score (nSPS) is 15.4. The number of aromatic nitrogens is 1. The number of carbonyl (C=O) groups excluding carboxylic acids is 1. The number of hydrogen-bond donors (Lipinski definition) is 1. The number of rotatable bonds is 7. The summed E-state index contributed by atoms with van der Waals surface area (Å²) in [6.45, 7) is 5.62. The van der Waals surface area contributed by atoms with E-state index in [1.807, 2.05) is 19.9 Å². The van der Waals surface area contributed by atoms with Gasteiger partial charge in [-0.1, -0.05) is 30.8 Å². The largest absolute Gasteiger partial charge is 0.463 e. The highest BCUT2D eigenvalue weighted by molar-refractivity contribution is 7.99. The van der Waals surface area contributed by atoms with E-state index in [9.17, 15) is 19.7 Å². The van der Waals surface area contributed by atoms with Crippen LogP contribution < -0.4 is 5.73 Å². The zero-order valence-corrected chi connectivity index (χ0v) is 19.8. The number of nitrogens with zero attached hydrogens (tertiary/aromatic N) is 3. The van der Waals surface area contributed by atoms with Crippen molar-refractivity contribution in [2.75, 3.05) is 12.4 Å². The summed E-state index contributed by atoms with van der Waals surface area (Å²) in [5.74, 6) is -2.09. The van der Waals surface area contributed by atoms with Crippen LogP contribution in [0.2, 0.25) is 0 Å². The van der Waals surface area contributed by atoms with Crippen LogP contribution in [-0.2, 0) is 20.7 Å². The maximum Gasteiger partial charge on any atom is 0.338 e. The highest BCUT2D eigenvalue weighted by atomic mass is 32.2. The molecule has 0 radical (unpaired) electrons. The highest BCUT2D eigenvalue weighted by Crippen LogP contribution is 2.41. The van der Waals surface area contributed by atoms with Gasteiger partial charge in [0.25, 0.3) is 0 Å². The van der Waals surface area contributed by atoms with Gasteiger partial charge in [0, 0.05) is 5.69 Å². The van der Waals surface area contributed by atoms with E-state index in [1.165, 1.54) is 30.0 Å². The van der Waals surface area contributed by atoms with Crippen LogP contribution in [0, 0.1) is 35.4 Å². The van der Waals surface area contributed by atoms with Gasteiger partial charge in [0.15, 0.2) is 0 Å². The third kappa shape index (κ3) is 5.05. The van der Waals surface area contributed by atoms with Gasteiger partial charge in [0.05, 0.1) is 29.4 Å². The lowest BCUT2D eigenvalue weighted by Gasteiger charge is -2.28. The minimum Gasteiger partial charge on any atom is -0.463 e. The van der Waals surface area contributed by atoms with Crippen LogP contribution in [0.1, 0.15) is 42.1 Å². The van der Waals surface area contributed by atoms with E-state index < -0.39 is 17.7 Å². The van der Waals surface area contributed by atoms with Crippen molar-refractivity contribution in [2.45, 2.75) is 38.1 Å². The molecule has 0 fully saturated rings. The molecule has 0 aliphatic carbocycles. The van der Waals surface area contributed by atoms with Crippen LogP contribution in [0.25, 0.3) is 0 Å². The van der Waals surface area contributed by atoms with Gasteiger partial charge in [-0.3, -0.25) is 0 Å². The molecule has 1 atom stereocenters. The number of nitrogens with two attached hydrogens (primary N) is 1. The number of ether oxygens (including phenoxy) is 2. The summed E-state index contributed by atoms with van der Waals surface area (Å²) in [5, 5.41) is 19.8. The number of aryl methyl sites for hydroxylation is 2. The minimum atomic E-state index is -0.961. The predicted octanol–water partition coefficient (Wildman–Crippen LogP) is 4.38. The third-order valence-corrected chi connectivity index (χ3v) is 6.24. The molecule has 0 saturated carbocycles. The van der Waals surface area contributed by atoms with Gasteiger partial charge in [0.1, 0.15) is 34.3 Å². The molecule has 9 heteroatoms. The van der Waals surface area contributed by atoms with Gasteiger partial charge in [-0.25, -0.2) is 14.2 Å². The third-order valence-electron chi connectivity index (χ3n) is 5.25. The van der Waals surface area contributed by atoms with E-state index in [2.05, 4.69) is 11.1 Å². The van der Waals surface area contributed by atoms with Crippen molar-refractivity contribution in [3.05, 3.63) is 81.3 Å². The SMILES string of the molecule is CCOC(=O)C1=C(CSc2nc(CC)c(C)cc2C#N)OC(N)=C(C#N)[C@@H]1c1cccc(F)c1. The summed E-state index contributed by atoms with van der Waals surface area (Å²) in [4.78, 5) is 17.6. The van der Waals surface area contributed by atoms with E-state index in [4.69, 9.17) is 15.2 Å². The van der Waals surface area contributed by atoms with Crippen molar-refractivity contribution in [3.8, 4) is 12.1 Å². The Bertz CT molecular complexity index is 1270. The Kier molecular flexibility index (Phi) is 7.93.